The van der Waals surface area contributed by atoms with Crippen LogP contribution >= 0.6 is 50.1 Å². The quantitative estimate of drug-likeness (QED) is 0.710. The van der Waals surface area contributed by atoms with Crippen LogP contribution in [0.1, 0.15) is 10.4 Å². The Balaban J connectivity index is 2.19. The van der Waals surface area contributed by atoms with Crippen LogP contribution in [0.2, 0.25) is 5.02 Å². The topological polar surface area (TPSA) is 42.0 Å². The van der Waals surface area contributed by atoms with E-state index in [1.54, 1.807) is 30.5 Å². The van der Waals surface area contributed by atoms with Gasteiger partial charge in [-0.3, -0.25) is 4.79 Å². The molecule has 0 fully saturated rings. The third kappa shape index (κ3) is 3.43. The Hall–Kier alpha value is -0.660. The van der Waals surface area contributed by atoms with Gasteiger partial charge in [0.2, 0.25) is 0 Å². The summed E-state index contributed by atoms with van der Waals surface area (Å²) in [6, 6.07) is 8.66. The van der Waals surface area contributed by atoms with E-state index >= 15 is 0 Å². The van der Waals surface area contributed by atoms with Gasteiger partial charge in [0.15, 0.2) is 0 Å². The van der Waals surface area contributed by atoms with E-state index in [4.69, 9.17) is 11.6 Å². The molecule has 3 nitrogen and oxygen atoms in total. The van der Waals surface area contributed by atoms with Crippen LogP contribution in [0.25, 0.3) is 0 Å². The number of nitrogens with zero attached hydrogens (tertiary/aromatic N) is 1. The molecule has 1 N–H and O–H groups in total. The largest absolute Gasteiger partial charge is 0.307 e. The van der Waals surface area contributed by atoms with Crippen molar-refractivity contribution in [2.75, 3.05) is 5.32 Å². The van der Waals surface area contributed by atoms with E-state index in [0.717, 1.165) is 8.04 Å². The van der Waals surface area contributed by atoms with Crippen molar-refractivity contribution in [3.05, 3.63) is 55.2 Å². The van der Waals surface area contributed by atoms with Gasteiger partial charge < -0.3 is 5.32 Å². The van der Waals surface area contributed by atoms with E-state index in [9.17, 15) is 4.79 Å². The fraction of sp³-hybridized carbons (Fsp3) is 0. The number of carbonyl (C=O) groups is 1. The van der Waals surface area contributed by atoms with Gasteiger partial charge in [0.1, 0.15) is 5.82 Å². The van der Waals surface area contributed by atoms with Crippen LogP contribution in [-0.2, 0) is 0 Å². The molecular formula is C12H7BrClIN2O. The van der Waals surface area contributed by atoms with Gasteiger partial charge in [0, 0.05) is 19.3 Å². The van der Waals surface area contributed by atoms with Crippen molar-refractivity contribution in [2.45, 2.75) is 0 Å². The highest BCUT2D eigenvalue weighted by Crippen LogP contribution is 2.19. The number of benzene rings is 1. The highest BCUT2D eigenvalue weighted by Gasteiger charge is 2.10. The van der Waals surface area contributed by atoms with Gasteiger partial charge in [-0.25, -0.2) is 4.98 Å². The Morgan fingerprint density at radius 1 is 1.33 bits per heavy atom. The third-order valence-electron chi connectivity index (χ3n) is 2.14. The number of amides is 1. The number of halogens is 3. The monoisotopic (exact) mass is 436 g/mol. The van der Waals surface area contributed by atoms with Crippen LogP contribution < -0.4 is 5.32 Å². The predicted octanol–water partition coefficient (Wildman–Crippen LogP) is 4.35. The molecule has 1 heterocycles. The Morgan fingerprint density at radius 2 is 2.11 bits per heavy atom. The molecule has 0 radical (unpaired) electrons. The Bertz CT molecular complexity index is 589. The van der Waals surface area contributed by atoms with Crippen molar-refractivity contribution in [3.63, 3.8) is 0 Å². The molecule has 0 aliphatic heterocycles. The minimum absolute atomic E-state index is 0.203. The summed E-state index contributed by atoms with van der Waals surface area (Å²) in [5.41, 5.74) is 0.574. The molecule has 0 aliphatic carbocycles. The number of aromatic nitrogens is 1. The van der Waals surface area contributed by atoms with E-state index in [1.165, 1.54) is 0 Å². The van der Waals surface area contributed by atoms with Gasteiger partial charge in [0.25, 0.3) is 5.91 Å². The summed E-state index contributed by atoms with van der Waals surface area (Å²) < 4.78 is 1.66. The maximum Gasteiger partial charge on any atom is 0.257 e. The SMILES string of the molecule is O=C(Nc1ccc(Br)cn1)c1ccc(Cl)cc1I. The van der Waals surface area contributed by atoms with Crippen molar-refractivity contribution in [3.8, 4) is 0 Å². The number of carbonyl (C=O) groups excluding carboxylic acids is 1. The first kappa shape index (κ1) is 13.8. The number of hydrogen-bond acceptors (Lipinski definition) is 2. The van der Waals surface area contributed by atoms with Crippen LogP contribution in [0.15, 0.2) is 41.0 Å². The second-order valence-electron chi connectivity index (χ2n) is 3.44. The first-order valence-electron chi connectivity index (χ1n) is 4.94. The molecule has 0 saturated carbocycles. The van der Waals surface area contributed by atoms with E-state index < -0.39 is 0 Å². The lowest BCUT2D eigenvalue weighted by molar-refractivity contribution is 0.102. The van der Waals surface area contributed by atoms with E-state index in [1.807, 2.05) is 6.07 Å². The second kappa shape index (κ2) is 5.99. The average molecular weight is 437 g/mol. The lowest BCUT2D eigenvalue weighted by atomic mass is 10.2. The third-order valence-corrected chi connectivity index (χ3v) is 3.74. The molecule has 0 aliphatic rings. The second-order valence-corrected chi connectivity index (χ2v) is 5.95. The fourth-order valence-electron chi connectivity index (χ4n) is 1.31. The predicted molar refractivity (Wildman–Crippen MR) is 84.1 cm³/mol. The van der Waals surface area contributed by atoms with Crippen molar-refractivity contribution in [1.82, 2.24) is 4.98 Å². The minimum Gasteiger partial charge on any atom is -0.307 e. The summed E-state index contributed by atoms with van der Waals surface area (Å²) >= 11 is 11.2. The fourth-order valence-corrected chi connectivity index (χ4v) is 2.66. The first-order chi connectivity index (χ1) is 8.56. The van der Waals surface area contributed by atoms with Gasteiger partial charge >= 0.3 is 0 Å². The Labute approximate surface area is 131 Å². The van der Waals surface area contributed by atoms with Crippen LogP contribution in [0.4, 0.5) is 5.82 Å². The van der Waals surface area contributed by atoms with Crippen LogP contribution in [-0.4, -0.2) is 10.9 Å². The molecule has 0 bridgehead atoms. The van der Waals surface area contributed by atoms with Gasteiger partial charge in [-0.1, -0.05) is 11.6 Å². The van der Waals surface area contributed by atoms with E-state index in [2.05, 4.69) is 48.8 Å². The molecule has 0 saturated heterocycles. The molecule has 1 aromatic heterocycles. The van der Waals surface area contributed by atoms with Crippen LogP contribution in [0.5, 0.6) is 0 Å². The number of pyridine rings is 1. The summed E-state index contributed by atoms with van der Waals surface area (Å²) in [5.74, 6) is 0.305. The summed E-state index contributed by atoms with van der Waals surface area (Å²) in [5, 5.41) is 3.34. The Morgan fingerprint density at radius 3 is 2.72 bits per heavy atom. The van der Waals surface area contributed by atoms with Crippen LogP contribution in [0.3, 0.4) is 0 Å². The molecule has 92 valence electrons. The number of rotatable bonds is 2. The molecular weight excluding hydrogens is 430 g/mol. The molecule has 2 rings (SSSR count). The van der Waals surface area contributed by atoms with Gasteiger partial charge in [-0.2, -0.15) is 0 Å². The molecule has 1 aromatic carbocycles. The summed E-state index contributed by atoms with van der Waals surface area (Å²) in [4.78, 5) is 16.1. The molecule has 0 spiro atoms. The zero-order chi connectivity index (χ0) is 13.1. The molecule has 1 amide bonds. The lowest BCUT2D eigenvalue weighted by Gasteiger charge is -2.06. The number of anilines is 1. The minimum atomic E-state index is -0.203. The molecule has 0 atom stereocenters. The molecule has 18 heavy (non-hydrogen) atoms. The average Bonchev–Trinajstić information content (AvgIpc) is 2.32. The lowest BCUT2D eigenvalue weighted by Crippen LogP contribution is -2.14. The summed E-state index contributed by atoms with van der Waals surface area (Å²) in [7, 11) is 0. The molecule has 2 aromatic rings. The highest BCUT2D eigenvalue weighted by atomic mass is 127. The first-order valence-corrected chi connectivity index (χ1v) is 7.19. The number of hydrogen-bond donors (Lipinski definition) is 1. The highest BCUT2D eigenvalue weighted by molar-refractivity contribution is 14.1. The van der Waals surface area contributed by atoms with Crippen molar-refractivity contribution < 1.29 is 4.79 Å². The Kier molecular flexibility index (Phi) is 4.58. The maximum absolute atomic E-state index is 12.0. The van der Waals surface area contributed by atoms with Crippen LogP contribution in [0, 0.1) is 3.57 Å². The van der Waals surface area contributed by atoms with Gasteiger partial charge in [0.05, 0.1) is 5.56 Å². The van der Waals surface area contributed by atoms with E-state index in [0.29, 0.717) is 16.4 Å². The smallest absolute Gasteiger partial charge is 0.257 e. The maximum atomic E-state index is 12.0. The molecule has 6 heteroatoms. The number of nitrogens with one attached hydrogen (secondary N) is 1. The summed E-state index contributed by atoms with van der Waals surface area (Å²) in [6.07, 6.45) is 1.63. The summed E-state index contributed by atoms with van der Waals surface area (Å²) in [6.45, 7) is 0. The van der Waals surface area contributed by atoms with Gasteiger partial charge in [-0.15, -0.1) is 0 Å². The zero-order valence-electron chi connectivity index (χ0n) is 8.95. The standard InChI is InChI=1S/C12H7BrClIN2O/c13-7-1-4-11(16-6-7)17-12(18)9-3-2-8(14)5-10(9)15/h1-6H,(H,16,17,18). The normalized spacial score (nSPS) is 10.2. The van der Waals surface area contributed by atoms with Gasteiger partial charge in [-0.05, 0) is 68.9 Å². The van der Waals surface area contributed by atoms with Crippen molar-refractivity contribution in [1.29, 1.82) is 0 Å². The zero-order valence-corrected chi connectivity index (χ0v) is 13.5. The van der Waals surface area contributed by atoms with E-state index in [-0.39, 0.29) is 5.91 Å². The molecule has 0 unspecified atom stereocenters. The van der Waals surface area contributed by atoms with Crippen molar-refractivity contribution >= 4 is 61.8 Å². The van der Waals surface area contributed by atoms with Crippen molar-refractivity contribution in [2.24, 2.45) is 0 Å².